The van der Waals surface area contributed by atoms with E-state index in [0.29, 0.717) is 32.0 Å². The number of aliphatic imine (C=N–C) groups is 1. The molecule has 0 radical (unpaired) electrons. The number of sulfone groups is 1. The second-order valence-electron chi connectivity index (χ2n) is 6.78. The van der Waals surface area contributed by atoms with E-state index < -0.39 is 9.84 Å². The highest BCUT2D eigenvalue weighted by Crippen LogP contribution is 2.16. The molecule has 3 N–H and O–H groups in total. The molecule has 0 bridgehead atoms. The summed E-state index contributed by atoms with van der Waals surface area (Å²) in [4.78, 5) is 16.6. The fourth-order valence-corrected chi connectivity index (χ4v) is 4.79. The van der Waals surface area contributed by atoms with E-state index in [9.17, 15) is 13.2 Å². The Hall–Kier alpha value is -2.10. The summed E-state index contributed by atoms with van der Waals surface area (Å²) in [5.41, 5.74) is 1.93. The van der Waals surface area contributed by atoms with Crippen LogP contribution in [0.3, 0.4) is 0 Å². The van der Waals surface area contributed by atoms with Crippen LogP contribution in [0.15, 0.2) is 9.52 Å². The Bertz CT molecular complexity index is 766. The van der Waals surface area contributed by atoms with Crippen molar-refractivity contribution >= 4 is 21.7 Å². The SMILES string of the molecule is CCNC(=NCc1c(CC)noc1CC)NCCC(=O)NC1CCS(=O)(=O)C1. The van der Waals surface area contributed by atoms with Crippen molar-refractivity contribution in [3.05, 3.63) is 17.0 Å². The molecule has 1 saturated heterocycles. The Morgan fingerprint density at radius 2 is 2.04 bits per heavy atom. The van der Waals surface area contributed by atoms with Crippen molar-refractivity contribution in [3.63, 3.8) is 0 Å². The Labute approximate surface area is 166 Å². The number of carbonyl (C=O) groups is 1. The molecule has 0 saturated carbocycles. The average molecular weight is 414 g/mol. The molecule has 1 atom stereocenters. The number of hydrogen-bond acceptors (Lipinski definition) is 6. The van der Waals surface area contributed by atoms with E-state index in [0.717, 1.165) is 29.9 Å². The lowest BCUT2D eigenvalue weighted by molar-refractivity contribution is -0.121. The highest BCUT2D eigenvalue weighted by molar-refractivity contribution is 7.91. The third-order valence-electron chi connectivity index (χ3n) is 4.59. The summed E-state index contributed by atoms with van der Waals surface area (Å²) in [6, 6.07) is -0.270. The summed E-state index contributed by atoms with van der Waals surface area (Å²) in [7, 11) is -3.00. The Morgan fingerprint density at radius 1 is 1.25 bits per heavy atom. The Balaban J connectivity index is 1.84. The predicted octanol–water partition coefficient (Wildman–Crippen LogP) is 0.548. The fourth-order valence-electron chi connectivity index (χ4n) is 3.12. The van der Waals surface area contributed by atoms with Gasteiger partial charge in [-0.2, -0.15) is 0 Å². The third kappa shape index (κ3) is 6.50. The lowest BCUT2D eigenvalue weighted by Crippen LogP contribution is -2.41. The fraction of sp³-hybridized carbons (Fsp3) is 0.722. The van der Waals surface area contributed by atoms with E-state index in [2.05, 4.69) is 26.1 Å². The van der Waals surface area contributed by atoms with Gasteiger partial charge in [-0.05, 0) is 19.8 Å². The van der Waals surface area contributed by atoms with Crippen LogP contribution in [-0.4, -0.2) is 56.1 Å². The molecule has 0 aromatic carbocycles. The number of nitrogens with zero attached hydrogens (tertiary/aromatic N) is 2. The van der Waals surface area contributed by atoms with Crippen LogP contribution in [0, 0.1) is 0 Å². The number of aryl methyl sites for hydroxylation is 2. The van der Waals surface area contributed by atoms with Crippen LogP contribution in [0.25, 0.3) is 0 Å². The van der Waals surface area contributed by atoms with Crippen LogP contribution in [0.1, 0.15) is 50.6 Å². The molecule has 28 heavy (non-hydrogen) atoms. The summed E-state index contributed by atoms with van der Waals surface area (Å²) >= 11 is 0. The zero-order valence-electron chi connectivity index (χ0n) is 16.9. The minimum Gasteiger partial charge on any atom is -0.361 e. The number of guanidine groups is 1. The maximum Gasteiger partial charge on any atom is 0.222 e. The zero-order chi connectivity index (χ0) is 20.6. The number of rotatable bonds is 9. The van der Waals surface area contributed by atoms with E-state index in [1.165, 1.54) is 0 Å². The molecule has 2 heterocycles. The van der Waals surface area contributed by atoms with Crippen molar-refractivity contribution in [1.82, 2.24) is 21.1 Å². The quantitative estimate of drug-likeness (QED) is 0.399. The molecule has 1 aliphatic heterocycles. The van der Waals surface area contributed by atoms with Gasteiger partial charge in [-0.1, -0.05) is 19.0 Å². The van der Waals surface area contributed by atoms with E-state index >= 15 is 0 Å². The maximum absolute atomic E-state index is 12.0. The number of aromatic nitrogens is 1. The van der Waals surface area contributed by atoms with E-state index in [1.54, 1.807) is 0 Å². The first-order valence-corrected chi connectivity index (χ1v) is 11.7. The van der Waals surface area contributed by atoms with Gasteiger partial charge >= 0.3 is 0 Å². The first-order chi connectivity index (χ1) is 13.4. The third-order valence-corrected chi connectivity index (χ3v) is 6.36. The number of amides is 1. The first-order valence-electron chi connectivity index (χ1n) is 9.86. The van der Waals surface area contributed by atoms with Crippen LogP contribution in [0.4, 0.5) is 0 Å². The molecular weight excluding hydrogens is 382 g/mol. The summed E-state index contributed by atoms with van der Waals surface area (Å²) in [5, 5.41) is 13.2. The molecule has 2 rings (SSSR count). The van der Waals surface area contributed by atoms with Crippen molar-refractivity contribution in [1.29, 1.82) is 0 Å². The standard InChI is InChI=1S/C18H31N5O4S/c1-4-15-14(16(5-2)27-23-15)11-21-18(19-6-3)20-9-7-17(24)22-13-8-10-28(25,26)12-13/h13H,4-12H2,1-3H3,(H,22,24)(H2,19,20,21). The molecule has 1 aliphatic rings. The minimum atomic E-state index is -3.00. The molecule has 1 amide bonds. The molecule has 10 heteroatoms. The second-order valence-corrected chi connectivity index (χ2v) is 9.01. The summed E-state index contributed by atoms with van der Waals surface area (Å²) in [5.74, 6) is 1.49. The van der Waals surface area contributed by atoms with Crippen molar-refractivity contribution < 1.29 is 17.7 Å². The molecule has 1 aromatic rings. The van der Waals surface area contributed by atoms with Gasteiger partial charge in [-0.3, -0.25) is 4.79 Å². The molecule has 1 fully saturated rings. The molecule has 158 valence electrons. The number of carbonyl (C=O) groups excluding carboxylic acids is 1. The molecular formula is C18H31N5O4S. The van der Waals surface area contributed by atoms with Crippen molar-refractivity contribution in [3.8, 4) is 0 Å². The molecule has 0 aliphatic carbocycles. The number of nitrogens with one attached hydrogen (secondary N) is 3. The van der Waals surface area contributed by atoms with Gasteiger partial charge in [0.1, 0.15) is 5.76 Å². The average Bonchev–Trinajstić information content (AvgIpc) is 3.21. The zero-order valence-corrected chi connectivity index (χ0v) is 17.7. The van der Waals surface area contributed by atoms with Gasteiger partial charge in [-0.15, -0.1) is 0 Å². The van der Waals surface area contributed by atoms with Gasteiger partial charge in [0, 0.05) is 37.5 Å². The predicted molar refractivity (Wildman–Crippen MR) is 108 cm³/mol. The summed E-state index contributed by atoms with van der Waals surface area (Å²) in [6.45, 7) is 7.58. The lowest BCUT2D eigenvalue weighted by atomic mass is 10.1. The van der Waals surface area contributed by atoms with Crippen molar-refractivity contribution in [2.24, 2.45) is 4.99 Å². The number of hydrogen-bond donors (Lipinski definition) is 3. The largest absolute Gasteiger partial charge is 0.361 e. The maximum atomic E-state index is 12.0. The van der Waals surface area contributed by atoms with Crippen molar-refractivity contribution in [2.75, 3.05) is 24.6 Å². The van der Waals surface area contributed by atoms with Gasteiger partial charge in [0.2, 0.25) is 5.91 Å². The monoisotopic (exact) mass is 413 g/mol. The van der Waals surface area contributed by atoms with Gasteiger partial charge in [0.15, 0.2) is 15.8 Å². The Kier molecular flexibility index (Phi) is 8.28. The highest BCUT2D eigenvalue weighted by Gasteiger charge is 2.28. The van der Waals surface area contributed by atoms with Gasteiger partial charge in [0.25, 0.3) is 0 Å². The van der Waals surface area contributed by atoms with Crippen LogP contribution >= 0.6 is 0 Å². The molecule has 1 aromatic heterocycles. The summed E-state index contributed by atoms with van der Waals surface area (Å²) in [6.07, 6.45) is 2.28. The molecule has 1 unspecified atom stereocenters. The summed E-state index contributed by atoms with van der Waals surface area (Å²) < 4.78 is 28.3. The van der Waals surface area contributed by atoms with Crippen LogP contribution in [-0.2, 0) is 34.0 Å². The van der Waals surface area contributed by atoms with Crippen LogP contribution in [0.5, 0.6) is 0 Å². The van der Waals surface area contributed by atoms with Gasteiger partial charge < -0.3 is 20.5 Å². The van der Waals surface area contributed by atoms with E-state index in [4.69, 9.17) is 4.52 Å². The van der Waals surface area contributed by atoms with E-state index in [-0.39, 0.29) is 29.9 Å². The second kappa shape index (κ2) is 10.4. The molecule has 9 nitrogen and oxygen atoms in total. The van der Waals surface area contributed by atoms with Gasteiger partial charge in [0.05, 0.1) is 23.7 Å². The minimum absolute atomic E-state index is 0.0362. The topological polar surface area (TPSA) is 126 Å². The molecule has 0 spiro atoms. The Morgan fingerprint density at radius 3 is 2.64 bits per heavy atom. The highest BCUT2D eigenvalue weighted by atomic mass is 32.2. The van der Waals surface area contributed by atoms with Crippen LogP contribution < -0.4 is 16.0 Å². The van der Waals surface area contributed by atoms with Crippen molar-refractivity contribution in [2.45, 2.75) is 59.0 Å². The first kappa shape index (κ1) is 22.2. The lowest BCUT2D eigenvalue weighted by Gasteiger charge is -2.13. The smallest absolute Gasteiger partial charge is 0.222 e. The van der Waals surface area contributed by atoms with E-state index in [1.807, 2.05) is 20.8 Å². The van der Waals surface area contributed by atoms with Crippen LogP contribution in [0.2, 0.25) is 0 Å². The normalized spacial score (nSPS) is 18.8. The van der Waals surface area contributed by atoms with Gasteiger partial charge in [-0.25, -0.2) is 13.4 Å².